The van der Waals surface area contributed by atoms with Crippen molar-refractivity contribution in [3.63, 3.8) is 0 Å². The third-order valence-electron chi connectivity index (χ3n) is 3.54. The minimum Gasteiger partial charge on any atom is -0.385 e. The Morgan fingerprint density at radius 2 is 2.12 bits per heavy atom. The molecule has 2 aliphatic heterocycles. The molecule has 1 N–H and O–H groups in total. The highest BCUT2D eigenvalue weighted by atomic mass is 16.6. The van der Waals surface area contributed by atoms with Crippen LogP contribution in [0.15, 0.2) is 0 Å². The van der Waals surface area contributed by atoms with Crippen LogP contribution in [0.4, 0.5) is 0 Å². The van der Waals surface area contributed by atoms with E-state index in [2.05, 4.69) is 5.32 Å². The van der Waals surface area contributed by atoms with Crippen LogP contribution in [-0.4, -0.2) is 51.7 Å². The molecule has 2 aliphatic rings. The van der Waals surface area contributed by atoms with Gasteiger partial charge in [-0.2, -0.15) is 0 Å². The van der Waals surface area contributed by atoms with Gasteiger partial charge in [-0.05, 0) is 32.4 Å². The van der Waals surface area contributed by atoms with E-state index in [1.54, 1.807) is 7.11 Å². The van der Waals surface area contributed by atoms with E-state index in [9.17, 15) is 0 Å². The highest BCUT2D eigenvalue weighted by Gasteiger charge is 2.41. The molecule has 1 spiro atoms. The maximum Gasteiger partial charge on any atom is 0.0836 e. The third-order valence-corrected chi connectivity index (χ3v) is 3.54. The summed E-state index contributed by atoms with van der Waals surface area (Å²) in [6, 6.07) is 0. The van der Waals surface area contributed by atoms with E-state index in [1.165, 1.54) is 0 Å². The average molecular weight is 229 g/mol. The lowest BCUT2D eigenvalue weighted by atomic mass is 9.89. The third kappa shape index (κ3) is 3.17. The van der Waals surface area contributed by atoms with Gasteiger partial charge in [-0.15, -0.1) is 0 Å². The quantitative estimate of drug-likeness (QED) is 0.713. The van der Waals surface area contributed by atoms with E-state index in [1.807, 2.05) is 0 Å². The Bertz CT molecular complexity index is 204. The van der Waals surface area contributed by atoms with Gasteiger partial charge in [0.25, 0.3) is 0 Å². The van der Waals surface area contributed by atoms with Crippen LogP contribution in [0.1, 0.15) is 25.7 Å². The Morgan fingerprint density at radius 3 is 2.88 bits per heavy atom. The summed E-state index contributed by atoms with van der Waals surface area (Å²) in [5.74, 6) is 0. The predicted octanol–water partition coefficient (Wildman–Crippen LogP) is 0.951. The number of nitrogens with one attached hydrogen (secondary N) is 1. The van der Waals surface area contributed by atoms with Crippen molar-refractivity contribution < 1.29 is 14.2 Å². The van der Waals surface area contributed by atoms with Gasteiger partial charge >= 0.3 is 0 Å². The molecule has 2 fully saturated rings. The molecular weight excluding hydrogens is 206 g/mol. The predicted molar refractivity (Wildman–Crippen MR) is 61.6 cm³/mol. The van der Waals surface area contributed by atoms with Crippen molar-refractivity contribution in [3.8, 4) is 0 Å². The maximum atomic E-state index is 5.95. The second-order valence-electron chi connectivity index (χ2n) is 4.79. The first kappa shape index (κ1) is 12.3. The van der Waals surface area contributed by atoms with Crippen LogP contribution < -0.4 is 5.32 Å². The number of rotatable bonds is 5. The van der Waals surface area contributed by atoms with Gasteiger partial charge in [0, 0.05) is 26.7 Å². The summed E-state index contributed by atoms with van der Waals surface area (Å²) in [6.07, 6.45) is 4.61. The minimum atomic E-state index is 0.122. The number of ether oxygens (including phenoxy) is 3. The molecule has 0 bridgehead atoms. The lowest BCUT2D eigenvalue weighted by molar-refractivity contribution is -0.0237. The van der Waals surface area contributed by atoms with Crippen molar-refractivity contribution in [1.82, 2.24) is 5.32 Å². The van der Waals surface area contributed by atoms with Gasteiger partial charge in [0.15, 0.2) is 0 Å². The highest BCUT2D eigenvalue weighted by molar-refractivity contribution is 4.93. The van der Waals surface area contributed by atoms with Gasteiger partial charge < -0.3 is 19.5 Å². The second kappa shape index (κ2) is 5.96. The Balaban J connectivity index is 1.66. The lowest BCUT2D eigenvalue weighted by Gasteiger charge is -2.32. The van der Waals surface area contributed by atoms with Crippen LogP contribution in [0.5, 0.6) is 0 Å². The molecule has 0 amide bonds. The molecule has 0 aromatic carbocycles. The van der Waals surface area contributed by atoms with E-state index >= 15 is 0 Å². The zero-order valence-corrected chi connectivity index (χ0v) is 10.2. The molecule has 0 saturated carbocycles. The highest BCUT2D eigenvalue weighted by Crippen LogP contribution is 2.35. The van der Waals surface area contributed by atoms with Gasteiger partial charge in [-0.3, -0.25) is 0 Å². The monoisotopic (exact) mass is 229 g/mol. The first-order valence-electron chi connectivity index (χ1n) is 6.30. The summed E-state index contributed by atoms with van der Waals surface area (Å²) < 4.78 is 16.8. The van der Waals surface area contributed by atoms with Crippen LogP contribution >= 0.6 is 0 Å². The molecule has 2 saturated heterocycles. The summed E-state index contributed by atoms with van der Waals surface area (Å²) in [6.45, 7) is 4.50. The molecular formula is C12H23NO3. The molecule has 16 heavy (non-hydrogen) atoms. The molecule has 2 heterocycles. The van der Waals surface area contributed by atoms with Crippen LogP contribution in [0.2, 0.25) is 0 Å². The van der Waals surface area contributed by atoms with Crippen LogP contribution in [0.25, 0.3) is 0 Å². The largest absolute Gasteiger partial charge is 0.385 e. The molecule has 0 aromatic rings. The summed E-state index contributed by atoms with van der Waals surface area (Å²) in [5, 5.41) is 3.37. The van der Waals surface area contributed by atoms with Gasteiger partial charge in [-0.1, -0.05) is 0 Å². The topological polar surface area (TPSA) is 39.7 Å². The Labute approximate surface area is 97.6 Å². The molecule has 94 valence electrons. The molecule has 4 nitrogen and oxygen atoms in total. The van der Waals surface area contributed by atoms with Gasteiger partial charge in [0.1, 0.15) is 0 Å². The molecule has 0 radical (unpaired) electrons. The molecule has 0 aromatic heterocycles. The number of piperidine rings is 1. The minimum absolute atomic E-state index is 0.122. The van der Waals surface area contributed by atoms with Gasteiger partial charge in [0.2, 0.25) is 0 Å². The van der Waals surface area contributed by atoms with Crippen LogP contribution in [-0.2, 0) is 14.2 Å². The van der Waals surface area contributed by atoms with E-state index in [4.69, 9.17) is 14.2 Å². The van der Waals surface area contributed by atoms with Crippen molar-refractivity contribution in [2.75, 3.05) is 40.0 Å². The van der Waals surface area contributed by atoms with Crippen molar-refractivity contribution in [2.45, 2.75) is 37.4 Å². The van der Waals surface area contributed by atoms with Crippen molar-refractivity contribution >= 4 is 0 Å². The van der Waals surface area contributed by atoms with E-state index in [0.717, 1.165) is 58.6 Å². The van der Waals surface area contributed by atoms with Gasteiger partial charge in [0.05, 0.1) is 18.3 Å². The standard InChI is InChI=1S/C12H23NO3/c1-14-7-2-8-15-11-9-12(16-10-11)3-5-13-6-4-12/h11,13H,2-10H2,1H3. The van der Waals surface area contributed by atoms with Crippen molar-refractivity contribution in [1.29, 1.82) is 0 Å². The van der Waals surface area contributed by atoms with Crippen molar-refractivity contribution in [2.24, 2.45) is 0 Å². The van der Waals surface area contributed by atoms with Crippen LogP contribution in [0.3, 0.4) is 0 Å². The fourth-order valence-corrected chi connectivity index (χ4v) is 2.59. The number of methoxy groups -OCH3 is 1. The Hall–Kier alpha value is -0.160. The average Bonchev–Trinajstić information content (AvgIpc) is 2.69. The number of hydrogen-bond donors (Lipinski definition) is 1. The van der Waals surface area contributed by atoms with Gasteiger partial charge in [-0.25, -0.2) is 0 Å². The van der Waals surface area contributed by atoms with E-state index in [-0.39, 0.29) is 5.60 Å². The summed E-state index contributed by atoms with van der Waals surface area (Å²) in [4.78, 5) is 0. The second-order valence-corrected chi connectivity index (χ2v) is 4.79. The first-order valence-corrected chi connectivity index (χ1v) is 6.30. The van der Waals surface area contributed by atoms with Crippen molar-refractivity contribution in [3.05, 3.63) is 0 Å². The summed E-state index contributed by atoms with van der Waals surface area (Å²) >= 11 is 0. The molecule has 0 aliphatic carbocycles. The first-order chi connectivity index (χ1) is 7.85. The maximum absolute atomic E-state index is 5.95. The Morgan fingerprint density at radius 1 is 1.31 bits per heavy atom. The molecule has 4 heteroatoms. The fourth-order valence-electron chi connectivity index (χ4n) is 2.59. The smallest absolute Gasteiger partial charge is 0.0836 e. The summed E-state index contributed by atoms with van der Waals surface area (Å²) in [7, 11) is 1.72. The van der Waals surface area contributed by atoms with E-state index in [0.29, 0.717) is 6.10 Å². The van der Waals surface area contributed by atoms with E-state index < -0.39 is 0 Å². The molecule has 2 rings (SSSR count). The SMILES string of the molecule is COCCCOC1COC2(CCNCC2)C1. The fraction of sp³-hybridized carbons (Fsp3) is 1.00. The zero-order valence-electron chi connectivity index (χ0n) is 10.2. The summed E-state index contributed by atoms with van der Waals surface area (Å²) in [5.41, 5.74) is 0.122. The lowest BCUT2D eigenvalue weighted by Crippen LogP contribution is -2.41. The Kier molecular flexibility index (Phi) is 4.58. The number of hydrogen-bond acceptors (Lipinski definition) is 4. The van der Waals surface area contributed by atoms with Crippen LogP contribution in [0, 0.1) is 0 Å². The molecule has 1 atom stereocenters. The normalized spacial score (nSPS) is 28.7. The molecule has 1 unspecified atom stereocenters. The zero-order chi connectivity index (χ0) is 11.3.